The molecular weight excluding hydrogens is 290 g/mol. The Labute approximate surface area is 124 Å². The lowest BCUT2D eigenvalue weighted by molar-refractivity contribution is 0.0530. The van der Waals surface area contributed by atoms with Gasteiger partial charge in [0.1, 0.15) is 10.6 Å². The predicted octanol–water partition coefficient (Wildman–Crippen LogP) is 4.39. The highest BCUT2D eigenvalue weighted by molar-refractivity contribution is 7.41. The summed E-state index contributed by atoms with van der Waals surface area (Å²) in [6.07, 6.45) is 0. The van der Waals surface area contributed by atoms with Gasteiger partial charge < -0.3 is 10.5 Å². The third kappa shape index (κ3) is 2.19. The second kappa shape index (κ2) is 5.26. The standard InChI is InChI=1S/C15H13NO2S2/c1-2-18-14(17)12-10-8-11(9-6-4-3-5-7-9)19-15(10)20-13(12)16/h3-8H,2,16H2,1H3. The van der Waals surface area contributed by atoms with Crippen LogP contribution in [-0.4, -0.2) is 12.6 Å². The van der Waals surface area contributed by atoms with Crippen molar-refractivity contribution in [2.24, 2.45) is 0 Å². The largest absolute Gasteiger partial charge is 0.462 e. The molecule has 3 nitrogen and oxygen atoms in total. The zero-order valence-electron chi connectivity index (χ0n) is 10.9. The van der Waals surface area contributed by atoms with Gasteiger partial charge in [-0.15, -0.1) is 22.7 Å². The van der Waals surface area contributed by atoms with Crippen LogP contribution in [0.2, 0.25) is 0 Å². The molecule has 0 spiro atoms. The third-order valence-electron chi connectivity index (χ3n) is 2.95. The first-order valence-corrected chi connectivity index (χ1v) is 7.88. The summed E-state index contributed by atoms with van der Waals surface area (Å²) < 4.78 is 6.14. The number of carbonyl (C=O) groups excluding carboxylic acids is 1. The quantitative estimate of drug-likeness (QED) is 0.730. The van der Waals surface area contributed by atoms with Gasteiger partial charge in [0.05, 0.1) is 10.6 Å². The molecule has 0 aliphatic carbocycles. The van der Waals surface area contributed by atoms with E-state index in [0.717, 1.165) is 19.8 Å². The molecule has 0 aliphatic heterocycles. The van der Waals surface area contributed by atoms with Crippen LogP contribution in [0.15, 0.2) is 36.4 Å². The van der Waals surface area contributed by atoms with Gasteiger partial charge in [0.2, 0.25) is 0 Å². The molecule has 0 amide bonds. The van der Waals surface area contributed by atoms with Crippen molar-refractivity contribution in [3.8, 4) is 10.4 Å². The molecule has 0 radical (unpaired) electrons. The topological polar surface area (TPSA) is 52.3 Å². The fraction of sp³-hybridized carbons (Fsp3) is 0.133. The molecule has 2 aromatic heterocycles. The fourth-order valence-corrected chi connectivity index (χ4v) is 4.44. The van der Waals surface area contributed by atoms with Crippen LogP contribution >= 0.6 is 22.7 Å². The zero-order chi connectivity index (χ0) is 14.1. The van der Waals surface area contributed by atoms with Crippen LogP contribution in [0.3, 0.4) is 0 Å². The van der Waals surface area contributed by atoms with E-state index in [-0.39, 0.29) is 5.97 Å². The summed E-state index contributed by atoms with van der Waals surface area (Å²) in [6.45, 7) is 2.14. The normalized spacial score (nSPS) is 10.8. The van der Waals surface area contributed by atoms with E-state index in [2.05, 4.69) is 12.1 Å². The molecule has 0 bridgehead atoms. The molecule has 3 aromatic rings. The molecule has 20 heavy (non-hydrogen) atoms. The van der Waals surface area contributed by atoms with Crippen LogP contribution in [0.25, 0.3) is 19.8 Å². The first-order valence-electron chi connectivity index (χ1n) is 6.25. The molecule has 1 aromatic carbocycles. The molecule has 0 fully saturated rings. The minimum absolute atomic E-state index is 0.339. The van der Waals surface area contributed by atoms with Crippen LogP contribution in [0.1, 0.15) is 17.3 Å². The SMILES string of the molecule is CCOC(=O)c1c(N)sc2sc(-c3ccccc3)cc12. The van der Waals surface area contributed by atoms with Crippen molar-refractivity contribution < 1.29 is 9.53 Å². The van der Waals surface area contributed by atoms with Crippen molar-refractivity contribution in [2.75, 3.05) is 12.3 Å². The smallest absolute Gasteiger partial charge is 0.341 e. The maximum Gasteiger partial charge on any atom is 0.341 e. The Kier molecular flexibility index (Phi) is 3.46. The van der Waals surface area contributed by atoms with E-state index in [0.29, 0.717) is 17.2 Å². The molecule has 5 heteroatoms. The Morgan fingerprint density at radius 2 is 2.00 bits per heavy atom. The number of rotatable bonds is 3. The fourth-order valence-electron chi connectivity index (χ4n) is 2.07. The van der Waals surface area contributed by atoms with E-state index in [4.69, 9.17) is 10.5 Å². The van der Waals surface area contributed by atoms with Crippen LogP contribution in [0.4, 0.5) is 5.00 Å². The number of hydrogen-bond acceptors (Lipinski definition) is 5. The van der Waals surface area contributed by atoms with Crippen molar-refractivity contribution in [3.63, 3.8) is 0 Å². The van der Waals surface area contributed by atoms with Crippen LogP contribution in [0, 0.1) is 0 Å². The summed E-state index contributed by atoms with van der Waals surface area (Å²) in [4.78, 5) is 13.1. The number of hydrogen-bond donors (Lipinski definition) is 1. The van der Waals surface area contributed by atoms with E-state index in [1.807, 2.05) is 24.3 Å². The van der Waals surface area contributed by atoms with Crippen molar-refractivity contribution in [2.45, 2.75) is 6.92 Å². The van der Waals surface area contributed by atoms with E-state index < -0.39 is 0 Å². The first-order chi connectivity index (χ1) is 9.70. The van der Waals surface area contributed by atoms with Crippen LogP contribution in [-0.2, 0) is 4.74 Å². The number of benzene rings is 1. The first kappa shape index (κ1) is 13.1. The lowest BCUT2D eigenvalue weighted by Gasteiger charge is -2.00. The monoisotopic (exact) mass is 303 g/mol. The molecule has 2 heterocycles. The maximum atomic E-state index is 12.0. The van der Waals surface area contributed by atoms with E-state index >= 15 is 0 Å². The summed E-state index contributed by atoms with van der Waals surface area (Å²) in [7, 11) is 0. The lowest BCUT2D eigenvalue weighted by atomic mass is 10.1. The number of nitrogen functional groups attached to an aromatic ring is 1. The Hall–Kier alpha value is -1.85. The van der Waals surface area contributed by atoms with Gasteiger partial charge >= 0.3 is 5.97 Å². The molecule has 0 unspecified atom stereocenters. The molecular formula is C15H13NO2S2. The zero-order valence-corrected chi connectivity index (χ0v) is 12.5. The van der Waals surface area contributed by atoms with Crippen LogP contribution < -0.4 is 5.73 Å². The Balaban J connectivity index is 2.11. The van der Waals surface area contributed by atoms with E-state index in [9.17, 15) is 4.79 Å². The Morgan fingerprint density at radius 3 is 2.70 bits per heavy atom. The number of carbonyl (C=O) groups is 1. The van der Waals surface area contributed by atoms with Crippen molar-refractivity contribution in [1.29, 1.82) is 0 Å². The average Bonchev–Trinajstić information content (AvgIpc) is 2.96. The summed E-state index contributed by atoms with van der Waals surface area (Å²) in [5.74, 6) is -0.339. The number of thiophene rings is 2. The number of fused-ring (bicyclic) bond motifs is 1. The van der Waals surface area contributed by atoms with Crippen LogP contribution in [0.5, 0.6) is 0 Å². The molecule has 3 rings (SSSR count). The van der Waals surface area contributed by atoms with Gasteiger partial charge in [-0.1, -0.05) is 30.3 Å². The van der Waals surface area contributed by atoms with Gasteiger partial charge in [-0.25, -0.2) is 4.79 Å². The lowest BCUT2D eigenvalue weighted by Crippen LogP contribution is -2.05. The van der Waals surface area contributed by atoms with Gasteiger partial charge in [0, 0.05) is 10.3 Å². The van der Waals surface area contributed by atoms with Gasteiger partial charge in [-0.3, -0.25) is 0 Å². The highest BCUT2D eigenvalue weighted by Gasteiger charge is 2.20. The number of anilines is 1. The van der Waals surface area contributed by atoms with E-state index in [1.165, 1.54) is 11.3 Å². The van der Waals surface area contributed by atoms with Crippen molar-refractivity contribution in [1.82, 2.24) is 0 Å². The highest BCUT2D eigenvalue weighted by Crippen LogP contribution is 2.42. The number of ether oxygens (including phenoxy) is 1. The summed E-state index contributed by atoms with van der Waals surface area (Å²) in [5, 5.41) is 1.43. The van der Waals surface area contributed by atoms with E-state index in [1.54, 1.807) is 18.3 Å². The molecule has 0 aliphatic rings. The molecule has 0 saturated carbocycles. The average molecular weight is 303 g/mol. The third-order valence-corrected chi connectivity index (χ3v) is 5.26. The molecule has 0 atom stereocenters. The number of nitrogens with two attached hydrogens (primary N) is 1. The minimum atomic E-state index is -0.339. The second-order valence-corrected chi connectivity index (χ2v) is 6.60. The molecule has 2 N–H and O–H groups in total. The Morgan fingerprint density at radius 1 is 1.25 bits per heavy atom. The Bertz CT molecular complexity index is 759. The van der Waals surface area contributed by atoms with Gasteiger partial charge in [0.15, 0.2) is 0 Å². The predicted molar refractivity (Wildman–Crippen MR) is 85.5 cm³/mol. The molecule has 102 valence electrons. The highest BCUT2D eigenvalue weighted by atomic mass is 32.2. The van der Waals surface area contributed by atoms with Crippen molar-refractivity contribution in [3.05, 3.63) is 42.0 Å². The van der Waals surface area contributed by atoms with Gasteiger partial charge in [-0.05, 0) is 18.6 Å². The summed E-state index contributed by atoms with van der Waals surface area (Å²) in [5.41, 5.74) is 7.59. The number of esters is 1. The van der Waals surface area contributed by atoms with Gasteiger partial charge in [0.25, 0.3) is 0 Å². The summed E-state index contributed by atoms with van der Waals surface area (Å²) >= 11 is 3.10. The maximum absolute atomic E-state index is 12.0. The second-order valence-electron chi connectivity index (χ2n) is 4.24. The summed E-state index contributed by atoms with van der Waals surface area (Å²) in [6, 6.07) is 12.1. The molecule has 0 saturated heterocycles. The van der Waals surface area contributed by atoms with Crippen molar-refractivity contribution >= 4 is 43.0 Å². The van der Waals surface area contributed by atoms with Gasteiger partial charge in [-0.2, -0.15) is 0 Å². The minimum Gasteiger partial charge on any atom is -0.462 e.